The van der Waals surface area contributed by atoms with Crippen LogP contribution in [0.1, 0.15) is 33.4 Å². The maximum atomic E-state index is 13.1. The molecule has 2 aromatic heterocycles. The van der Waals surface area contributed by atoms with E-state index in [4.69, 9.17) is 9.15 Å². The Kier molecular flexibility index (Phi) is 5.22. The van der Waals surface area contributed by atoms with Crippen LogP contribution in [-0.2, 0) is 16.1 Å². The molecular weight excluding hydrogens is 402 g/mol. The SMILES string of the molecule is COc1c(C)cc(C)cc1/C(O)=C1/C(=O)C(=O)N(Cc2ccco2)C1c1cccs1. The lowest BCUT2D eigenvalue weighted by Gasteiger charge is -2.23. The minimum Gasteiger partial charge on any atom is -0.507 e. The van der Waals surface area contributed by atoms with Crippen LogP contribution >= 0.6 is 11.3 Å². The zero-order chi connectivity index (χ0) is 21.4. The summed E-state index contributed by atoms with van der Waals surface area (Å²) < 4.78 is 10.9. The third-order valence-corrected chi connectivity index (χ3v) is 6.06. The molecule has 4 rings (SSSR count). The molecule has 154 valence electrons. The Morgan fingerprint density at radius 1 is 1.23 bits per heavy atom. The fourth-order valence-electron chi connectivity index (χ4n) is 3.90. The van der Waals surface area contributed by atoms with Crippen molar-refractivity contribution in [3.05, 3.63) is 80.9 Å². The van der Waals surface area contributed by atoms with Crippen LogP contribution in [0.2, 0.25) is 0 Å². The van der Waals surface area contributed by atoms with Gasteiger partial charge in [0.15, 0.2) is 0 Å². The summed E-state index contributed by atoms with van der Waals surface area (Å²) >= 11 is 1.42. The van der Waals surface area contributed by atoms with E-state index in [0.29, 0.717) is 17.1 Å². The second-order valence-electron chi connectivity index (χ2n) is 7.18. The van der Waals surface area contributed by atoms with E-state index >= 15 is 0 Å². The standard InChI is InChI=1S/C23H21NO5S/c1-13-10-14(2)22(28-3)16(11-13)20(25)18-19(17-7-5-9-30-17)24(23(27)21(18)26)12-15-6-4-8-29-15/h4-11,19,25H,12H2,1-3H3/b20-18-. The van der Waals surface area contributed by atoms with E-state index in [-0.39, 0.29) is 17.9 Å². The van der Waals surface area contributed by atoms with Crippen molar-refractivity contribution in [1.29, 1.82) is 0 Å². The Labute approximate surface area is 178 Å². The lowest BCUT2D eigenvalue weighted by atomic mass is 9.96. The number of furan rings is 1. The van der Waals surface area contributed by atoms with E-state index in [1.807, 2.05) is 37.4 Å². The molecular formula is C23H21NO5S. The summed E-state index contributed by atoms with van der Waals surface area (Å²) in [7, 11) is 1.51. The molecule has 0 radical (unpaired) electrons. The minimum atomic E-state index is -0.723. The van der Waals surface area contributed by atoms with Crippen LogP contribution in [0.4, 0.5) is 0 Å². The summed E-state index contributed by atoms with van der Waals surface area (Å²) in [5.74, 6) is -0.603. The molecule has 1 atom stereocenters. The van der Waals surface area contributed by atoms with Crippen LogP contribution in [0.25, 0.3) is 5.76 Å². The number of amides is 1. The molecule has 1 amide bonds. The maximum Gasteiger partial charge on any atom is 0.296 e. The Morgan fingerprint density at radius 2 is 2.03 bits per heavy atom. The number of hydrogen-bond donors (Lipinski definition) is 1. The van der Waals surface area contributed by atoms with Crippen LogP contribution < -0.4 is 4.74 Å². The number of aliphatic hydroxyl groups excluding tert-OH is 1. The number of aliphatic hydroxyl groups is 1. The molecule has 1 unspecified atom stereocenters. The van der Waals surface area contributed by atoms with Gasteiger partial charge in [-0.2, -0.15) is 0 Å². The molecule has 1 fully saturated rings. The normalized spacial score (nSPS) is 18.2. The predicted octanol–water partition coefficient (Wildman–Crippen LogP) is 4.59. The van der Waals surface area contributed by atoms with Gasteiger partial charge in [0.05, 0.1) is 31.1 Å². The highest BCUT2D eigenvalue weighted by atomic mass is 32.1. The summed E-state index contributed by atoms with van der Waals surface area (Å²) in [6, 6.07) is 10.2. The van der Waals surface area contributed by atoms with Crippen LogP contribution in [0.15, 0.2) is 58.0 Å². The van der Waals surface area contributed by atoms with Gasteiger partial charge in [-0.25, -0.2) is 0 Å². The number of Topliss-reactive ketones (excluding diaryl/α,β-unsaturated/α-hetero) is 1. The van der Waals surface area contributed by atoms with Gasteiger partial charge >= 0.3 is 0 Å². The van der Waals surface area contributed by atoms with E-state index < -0.39 is 17.7 Å². The second kappa shape index (κ2) is 7.84. The lowest BCUT2D eigenvalue weighted by molar-refractivity contribution is -0.140. The summed E-state index contributed by atoms with van der Waals surface area (Å²) in [5, 5.41) is 13.1. The molecule has 1 saturated heterocycles. The second-order valence-corrected chi connectivity index (χ2v) is 8.16. The summed E-state index contributed by atoms with van der Waals surface area (Å²) in [4.78, 5) is 28.2. The molecule has 0 saturated carbocycles. The van der Waals surface area contributed by atoms with Crippen LogP contribution in [0, 0.1) is 13.8 Å². The van der Waals surface area contributed by atoms with E-state index in [0.717, 1.165) is 16.0 Å². The third kappa shape index (κ3) is 3.31. The number of nitrogens with zero attached hydrogens (tertiary/aromatic N) is 1. The van der Waals surface area contributed by atoms with Gasteiger partial charge in [-0.05, 0) is 54.6 Å². The molecule has 6 nitrogen and oxygen atoms in total. The first-order chi connectivity index (χ1) is 14.4. The van der Waals surface area contributed by atoms with Crippen molar-refractivity contribution in [1.82, 2.24) is 4.90 Å². The maximum absolute atomic E-state index is 13.1. The van der Waals surface area contributed by atoms with Crippen molar-refractivity contribution in [3.8, 4) is 5.75 Å². The smallest absolute Gasteiger partial charge is 0.296 e. The van der Waals surface area contributed by atoms with Gasteiger partial charge < -0.3 is 19.2 Å². The van der Waals surface area contributed by atoms with Gasteiger partial charge in [0.25, 0.3) is 11.7 Å². The van der Waals surface area contributed by atoms with Crippen molar-refractivity contribution < 1.29 is 23.8 Å². The highest BCUT2D eigenvalue weighted by Crippen LogP contribution is 2.43. The molecule has 1 aromatic carbocycles. The highest BCUT2D eigenvalue weighted by Gasteiger charge is 2.47. The van der Waals surface area contributed by atoms with Crippen LogP contribution in [0.3, 0.4) is 0 Å². The van der Waals surface area contributed by atoms with E-state index in [2.05, 4.69) is 0 Å². The monoisotopic (exact) mass is 423 g/mol. The minimum absolute atomic E-state index is 0.0531. The van der Waals surface area contributed by atoms with Gasteiger partial charge in [-0.15, -0.1) is 11.3 Å². The van der Waals surface area contributed by atoms with Gasteiger partial charge in [0.1, 0.15) is 23.3 Å². The third-order valence-electron chi connectivity index (χ3n) is 5.14. The van der Waals surface area contributed by atoms with Crippen molar-refractivity contribution >= 4 is 28.8 Å². The number of methoxy groups -OCH3 is 1. The number of hydrogen-bond acceptors (Lipinski definition) is 6. The summed E-state index contributed by atoms with van der Waals surface area (Å²) in [6.45, 7) is 3.89. The number of carbonyl (C=O) groups excluding carboxylic acids is 2. The fourth-order valence-corrected chi connectivity index (χ4v) is 4.75. The molecule has 0 bridgehead atoms. The zero-order valence-electron chi connectivity index (χ0n) is 16.8. The number of likely N-dealkylation sites (tertiary alicyclic amines) is 1. The van der Waals surface area contributed by atoms with Gasteiger partial charge in [-0.1, -0.05) is 12.1 Å². The number of thiophene rings is 1. The van der Waals surface area contributed by atoms with Gasteiger partial charge in [0.2, 0.25) is 0 Å². The van der Waals surface area contributed by atoms with Gasteiger partial charge in [-0.3, -0.25) is 9.59 Å². The van der Waals surface area contributed by atoms with E-state index in [9.17, 15) is 14.7 Å². The Balaban J connectivity index is 1.91. The van der Waals surface area contributed by atoms with Crippen molar-refractivity contribution in [3.63, 3.8) is 0 Å². The zero-order valence-corrected chi connectivity index (χ0v) is 17.7. The first-order valence-electron chi connectivity index (χ1n) is 9.42. The quantitative estimate of drug-likeness (QED) is 0.369. The predicted molar refractivity (Wildman–Crippen MR) is 113 cm³/mol. The van der Waals surface area contributed by atoms with Gasteiger partial charge in [0, 0.05) is 4.88 Å². The fraction of sp³-hybridized carbons (Fsp3) is 0.217. The largest absolute Gasteiger partial charge is 0.507 e. The van der Waals surface area contributed by atoms with E-state index in [1.54, 1.807) is 18.2 Å². The van der Waals surface area contributed by atoms with Crippen molar-refractivity contribution in [2.24, 2.45) is 0 Å². The molecule has 3 heterocycles. The summed E-state index contributed by atoms with van der Waals surface area (Å²) in [5.41, 5.74) is 2.19. The molecule has 3 aromatic rings. The number of benzene rings is 1. The molecule has 7 heteroatoms. The Hall–Kier alpha value is -3.32. The summed E-state index contributed by atoms with van der Waals surface area (Å²) in [6.07, 6.45) is 1.52. The Bertz CT molecular complexity index is 1130. The molecule has 1 aliphatic heterocycles. The average Bonchev–Trinajstić information content (AvgIpc) is 3.46. The first-order valence-corrected chi connectivity index (χ1v) is 10.3. The first kappa shape index (κ1) is 20.0. The highest BCUT2D eigenvalue weighted by molar-refractivity contribution is 7.10. The van der Waals surface area contributed by atoms with Crippen molar-refractivity contribution in [2.75, 3.05) is 7.11 Å². The molecule has 0 aliphatic carbocycles. The number of ether oxygens (including phenoxy) is 1. The lowest BCUT2D eigenvalue weighted by Crippen LogP contribution is -2.28. The Morgan fingerprint density at radius 3 is 2.67 bits per heavy atom. The van der Waals surface area contributed by atoms with Crippen LogP contribution in [-0.4, -0.2) is 28.8 Å². The molecule has 30 heavy (non-hydrogen) atoms. The number of aryl methyl sites for hydroxylation is 2. The molecule has 1 aliphatic rings. The molecule has 1 N–H and O–H groups in total. The topological polar surface area (TPSA) is 80.0 Å². The number of carbonyl (C=O) groups is 2. The number of rotatable bonds is 5. The molecule has 0 spiro atoms. The number of ketones is 1. The van der Waals surface area contributed by atoms with Crippen molar-refractivity contribution in [2.45, 2.75) is 26.4 Å². The average molecular weight is 423 g/mol. The van der Waals surface area contributed by atoms with Crippen LogP contribution in [0.5, 0.6) is 5.75 Å². The van der Waals surface area contributed by atoms with E-state index in [1.165, 1.54) is 29.6 Å².